The van der Waals surface area contributed by atoms with Crippen LogP contribution in [0.15, 0.2) is 24.3 Å². The molecule has 0 saturated heterocycles. The molecule has 1 N–H and O–H groups in total. The Morgan fingerprint density at radius 3 is 2.24 bits per heavy atom. The Labute approximate surface area is 152 Å². The van der Waals surface area contributed by atoms with Crippen LogP contribution in [0.5, 0.6) is 0 Å². The highest BCUT2D eigenvalue weighted by molar-refractivity contribution is 5.92. The number of esters is 1. The summed E-state index contributed by atoms with van der Waals surface area (Å²) in [6.07, 6.45) is 7.40. The largest absolute Gasteiger partial charge is 0.462 e. The molecule has 1 amide bonds. The molecule has 1 rings (SSSR count). The third-order valence-corrected chi connectivity index (χ3v) is 4.45. The molecule has 0 bridgehead atoms. The van der Waals surface area contributed by atoms with Crippen LogP contribution < -0.4 is 5.32 Å². The molecule has 0 aliphatic carbocycles. The molecule has 0 saturated carbocycles. The Morgan fingerprint density at radius 1 is 1.04 bits per heavy atom. The van der Waals surface area contributed by atoms with Crippen molar-refractivity contribution in [3.05, 3.63) is 29.8 Å². The van der Waals surface area contributed by atoms with E-state index in [1.165, 1.54) is 32.6 Å². The molecule has 0 aliphatic rings. The van der Waals surface area contributed by atoms with E-state index in [1.54, 1.807) is 0 Å². The van der Waals surface area contributed by atoms with E-state index in [4.69, 9.17) is 4.74 Å². The van der Waals surface area contributed by atoms with E-state index in [2.05, 4.69) is 12.2 Å². The molecular formula is C21H33NO3. The van der Waals surface area contributed by atoms with Crippen molar-refractivity contribution < 1.29 is 14.3 Å². The van der Waals surface area contributed by atoms with Gasteiger partial charge in [-0.2, -0.15) is 0 Å². The van der Waals surface area contributed by atoms with Crippen LogP contribution in [0.4, 0.5) is 5.69 Å². The fourth-order valence-corrected chi connectivity index (χ4v) is 2.81. The van der Waals surface area contributed by atoms with Crippen LogP contribution in [0.25, 0.3) is 0 Å². The summed E-state index contributed by atoms with van der Waals surface area (Å²) >= 11 is 0. The lowest BCUT2D eigenvalue weighted by Crippen LogP contribution is -2.33. The first kappa shape index (κ1) is 21.2. The number of ether oxygens (including phenoxy) is 1. The molecule has 1 aromatic rings. The van der Waals surface area contributed by atoms with Crippen molar-refractivity contribution in [3.8, 4) is 0 Å². The molecule has 4 heteroatoms. The fraction of sp³-hybridized carbons (Fsp3) is 0.619. The Balaban J connectivity index is 2.52. The first-order chi connectivity index (χ1) is 11.9. The zero-order chi connectivity index (χ0) is 18.7. The number of anilines is 1. The summed E-state index contributed by atoms with van der Waals surface area (Å²) in [5.41, 5.74) is 1.91. The molecule has 140 valence electrons. The smallest absolute Gasteiger partial charge is 0.302 e. The van der Waals surface area contributed by atoms with Gasteiger partial charge in [0.2, 0.25) is 5.91 Å². The summed E-state index contributed by atoms with van der Waals surface area (Å²) in [6.45, 7) is 7.43. The van der Waals surface area contributed by atoms with Gasteiger partial charge in [-0.05, 0) is 31.9 Å². The van der Waals surface area contributed by atoms with Crippen molar-refractivity contribution in [1.29, 1.82) is 0 Å². The monoisotopic (exact) mass is 347 g/mol. The molecule has 0 radical (unpaired) electrons. The average molecular weight is 347 g/mol. The van der Waals surface area contributed by atoms with Gasteiger partial charge in [-0.3, -0.25) is 9.59 Å². The van der Waals surface area contributed by atoms with Crippen molar-refractivity contribution in [2.45, 2.75) is 78.7 Å². The summed E-state index contributed by atoms with van der Waals surface area (Å²) in [6, 6.07) is 7.68. The number of carbonyl (C=O) groups excluding carboxylic acids is 2. The van der Waals surface area contributed by atoms with Crippen molar-refractivity contribution in [3.63, 3.8) is 0 Å². The minimum absolute atomic E-state index is 0.110. The van der Waals surface area contributed by atoms with Gasteiger partial charge in [0.15, 0.2) is 0 Å². The van der Waals surface area contributed by atoms with Gasteiger partial charge in [-0.15, -0.1) is 0 Å². The van der Waals surface area contributed by atoms with Gasteiger partial charge in [0.25, 0.3) is 0 Å². The molecule has 0 spiro atoms. The second kappa shape index (κ2) is 11.7. The lowest BCUT2D eigenvalue weighted by Gasteiger charge is -2.23. The van der Waals surface area contributed by atoms with Crippen LogP contribution in [0.3, 0.4) is 0 Å². The zero-order valence-corrected chi connectivity index (χ0v) is 16.1. The number of carbonyl (C=O) groups is 2. The Kier molecular flexibility index (Phi) is 9.90. The molecule has 2 atom stereocenters. The van der Waals surface area contributed by atoms with Gasteiger partial charge in [0, 0.05) is 12.6 Å². The van der Waals surface area contributed by atoms with Gasteiger partial charge >= 0.3 is 5.97 Å². The van der Waals surface area contributed by atoms with Crippen LogP contribution in [-0.4, -0.2) is 18.0 Å². The van der Waals surface area contributed by atoms with Crippen LogP contribution in [0.1, 0.15) is 71.3 Å². The quantitative estimate of drug-likeness (QED) is 0.439. The maximum Gasteiger partial charge on any atom is 0.302 e. The molecule has 0 fully saturated rings. The average Bonchev–Trinajstić information content (AvgIpc) is 2.58. The normalized spacial score (nSPS) is 13.1. The van der Waals surface area contributed by atoms with Crippen molar-refractivity contribution in [1.82, 2.24) is 0 Å². The number of hydrogen-bond acceptors (Lipinski definition) is 3. The molecule has 25 heavy (non-hydrogen) atoms. The third kappa shape index (κ3) is 8.71. The highest BCUT2D eigenvalue weighted by atomic mass is 16.5. The summed E-state index contributed by atoms with van der Waals surface area (Å²) in [7, 11) is 0. The molecule has 0 aromatic heterocycles. The van der Waals surface area contributed by atoms with Crippen LogP contribution in [-0.2, 0) is 14.3 Å². The van der Waals surface area contributed by atoms with E-state index in [1.807, 2.05) is 38.1 Å². The van der Waals surface area contributed by atoms with E-state index in [-0.39, 0.29) is 23.9 Å². The highest BCUT2D eigenvalue weighted by Gasteiger charge is 2.26. The second-order valence-electron chi connectivity index (χ2n) is 6.85. The van der Waals surface area contributed by atoms with Crippen molar-refractivity contribution in [2.75, 3.05) is 5.32 Å². The van der Waals surface area contributed by atoms with Gasteiger partial charge in [-0.1, -0.05) is 63.6 Å². The van der Waals surface area contributed by atoms with Gasteiger partial charge in [0.1, 0.15) is 6.10 Å². The number of amides is 1. The number of aryl methyl sites for hydroxylation is 1. The third-order valence-electron chi connectivity index (χ3n) is 4.45. The predicted molar refractivity (Wildman–Crippen MR) is 103 cm³/mol. The van der Waals surface area contributed by atoms with Crippen LogP contribution in [0, 0.1) is 12.8 Å². The topological polar surface area (TPSA) is 55.4 Å². The second-order valence-corrected chi connectivity index (χ2v) is 6.85. The Hall–Kier alpha value is -1.84. The summed E-state index contributed by atoms with van der Waals surface area (Å²) in [4.78, 5) is 23.9. The summed E-state index contributed by atoms with van der Waals surface area (Å²) in [5, 5.41) is 2.91. The predicted octanol–water partition coefficient (Wildman–Crippen LogP) is 5.25. The standard InChI is InChI=1S/C21H33NO3/c1-5-6-7-8-9-10-11-20(25-18(4)23)17(3)21(24)22-19-14-12-16(2)13-15-19/h12-15,17,20H,5-11H2,1-4H3,(H,22,24). The minimum Gasteiger partial charge on any atom is -0.462 e. The molecular weight excluding hydrogens is 314 g/mol. The first-order valence-electron chi connectivity index (χ1n) is 9.48. The summed E-state index contributed by atoms with van der Waals surface area (Å²) < 4.78 is 5.42. The first-order valence-corrected chi connectivity index (χ1v) is 9.48. The maximum absolute atomic E-state index is 12.5. The van der Waals surface area contributed by atoms with E-state index in [9.17, 15) is 9.59 Å². The van der Waals surface area contributed by atoms with E-state index >= 15 is 0 Å². The fourth-order valence-electron chi connectivity index (χ4n) is 2.81. The Bertz CT molecular complexity index is 524. The van der Waals surface area contributed by atoms with Crippen molar-refractivity contribution >= 4 is 17.6 Å². The minimum atomic E-state index is -0.374. The number of benzene rings is 1. The zero-order valence-electron chi connectivity index (χ0n) is 16.1. The van der Waals surface area contributed by atoms with Crippen molar-refractivity contribution in [2.24, 2.45) is 5.92 Å². The van der Waals surface area contributed by atoms with Gasteiger partial charge in [-0.25, -0.2) is 0 Å². The lowest BCUT2D eigenvalue weighted by atomic mass is 9.97. The number of unbranched alkanes of at least 4 members (excludes halogenated alkanes) is 5. The molecule has 4 nitrogen and oxygen atoms in total. The van der Waals surface area contributed by atoms with Crippen LogP contribution in [0.2, 0.25) is 0 Å². The highest BCUT2D eigenvalue weighted by Crippen LogP contribution is 2.19. The lowest BCUT2D eigenvalue weighted by molar-refractivity contribution is -0.150. The van der Waals surface area contributed by atoms with E-state index in [0.717, 1.165) is 30.5 Å². The van der Waals surface area contributed by atoms with E-state index < -0.39 is 0 Å². The number of rotatable bonds is 11. The van der Waals surface area contributed by atoms with Gasteiger partial charge < -0.3 is 10.1 Å². The molecule has 2 unspecified atom stereocenters. The molecule has 1 aromatic carbocycles. The maximum atomic E-state index is 12.5. The Morgan fingerprint density at radius 2 is 1.64 bits per heavy atom. The molecule has 0 heterocycles. The van der Waals surface area contributed by atoms with Crippen LogP contribution >= 0.6 is 0 Å². The number of nitrogens with one attached hydrogen (secondary N) is 1. The number of hydrogen-bond donors (Lipinski definition) is 1. The van der Waals surface area contributed by atoms with Gasteiger partial charge in [0.05, 0.1) is 5.92 Å². The molecule has 0 aliphatic heterocycles. The van der Waals surface area contributed by atoms with E-state index in [0.29, 0.717) is 0 Å². The SMILES string of the molecule is CCCCCCCCC(OC(C)=O)C(C)C(=O)Nc1ccc(C)cc1. The summed E-state index contributed by atoms with van der Waals surface area (Å²) in [5.74, 6) is -0.812.